The quantitative estimate of drug-likeness (QED) is 0.672. The monoisotopic (exact) mass is 489 g/mol. The number of aliphatic hydroxyl groups is 1. The molecule has 0 saturated carbocycles. The normalized spacial score (nSPS) is 29.0. The van der Waals surface area contributed by atoms with Crippen LogP contribution in [-0.2, 0) is 38.9 Å². The van der Waals surface area contributed by atoms with Gasteiger partial charge in [-0.25, -0.2) is 17.2 Å². The van der Waals surface area contributed by atoms with Crippen molar-refractivity contribution in [1.29, 1.82) is 0 Å². The van der Waals surface area contributed by atoms with Crippen LogP contribution in [0.4, 0.5) is 8.78 Å². The molecule has 0 amide bonds. The summed E-state index contributed by atoms with van der Waals surface area (Å²) in [6.07, 6.45) is 3.19. The number of alkyl halides is 2. The Bertz CT molecular complexity index is 1090. The number of sulfone groups is 1. The van der Waals surface area contributed by atoms with E-state index in [0.29, 0.717) is 38.0 Å². The molecule has 1 N–H and O–H groups in total. The lowest BCUT2D eigenvalue weighted by atomic mass is 9.78. The fraction of sp³-hybridized carbons (Fsp3) is 0.667. The van der Waals surface area contributed by atoms with E-state index in [-0.39, 0.29) is 11.8 Å². The minimum absolute atomic E-state index is 0.0433. The number of halogens is 2. The number of nitrogens with zero attached hydrogens (tertiary/aromatic N) is 3. The van der Waals surface area contributed by atoms with Crippen molar-refractivity contribution in [3.05, 3.63) is 39.3 Å². The van der Waals surface area contributed by atoms with Crippen LogP contribution in [-0.4, -0.2) is 65.8 Å². The number of hydrogen-bond donors (Lipinski definition) is 1. The van der Waals surface area contributed by atoms with Crippen LogP contribution in [0, 0.1) is 6.92 Å². The lowest BCUT2D eigenvalue weighted by Gasteiger charge is -2.49. The van der Waals surface area contributed by atoms with Crippen molar-refractivity contribution in [1.82, 2.24) is 14.7 Å². The zero-order valence-electron chi connectivity index (χ0n) is 18.4. The van der Waals surface area contributed by atoms with Gasteiger partial charge in [-0.05, 0) is 32.8 Å². The predicted octanol–water partition coefficient (Wildman–Crippen LogP) is 2.66. The van der Waals surface area contributed by atoms with Crippen LogP contribution in [0.5, 0.6) is 0 Å². The van der Waals surface area contributed by atoms with E-state index in [9.17, 15) is 22.3 Å². The van der Waals surface area contributed by atoms with Crippen LogP contribution in [0.1, 0.15) is 40.6 Å². The molecule has 3 atom stereocenters. The van der Waals surface area contributed by atoms with Gasteiger partial charge in [0, 0.05) is 52.5 Å². The molecule has 11 heteroatoms. The van der Waals surface area contributed by atoms with Gasteiger partial charge < -0.3 is 9.84 Å². The van der Waals surface area contributed by atoms with Gasteiger partial charge in [-0.2, -0.15) is 5.10 Å². The molecule has 2 aromatic rings. The number of aromatic nitrogens is 2. The molecule has 0 radical (unpaired) electrons. The first-order valence-corrected chi connectivity index (χ1v) is 13.5. The van der Waals surface area contributed by atoms with Crippen LogP contribution in [0.25, 0.3) is 0 Å². The highest BCUT2D eigenvalue weighted by atomic mass is 32.2. The highest BCUT2D eigenvalue weighted by Gasteiger charge is 2.54. The topological polar surface area (TPSA) is 84.7 Å². The first kappa shape index (κ1) is 23.7. The SMILES string of the molecule is Cc1cc2c(s1)C1(CCN(Cc3cnn(CCS(C)(=O)=O)c3)C(C)C1)OCC2(O)C(F)F. The molecule has 0 aliphatic carbocycles. The highest BCUT2D eigenvalue weighted by Crippen LogP contribution is 2.52. The molecule has 2 aromatic heterocycles. The Hall–Kier alpha value is -1.40. The maximum Gasteiger partial charge on any atom is 0.273 e. The smallest absolute Gasteiger partial charge is 0.273 e. The van der Waals surface area contributed by atoms with Crippen molar-refractivity contribution in [3.8, 4) is 0 Å². The summed E-state index contributed by atoms with van der Waals surface area (Å²) in [5, 5.41) is 14.9. The molecular formula is C21H29F2N3O4S2. The molecule has 178 valence electrons. The number of likely N-dealkylation sites (tertiary alicyclic amines) is 1. The third-order valence-corrected chi connectivity index (χ3v) is 8.64. The van der Waals surface area contributed by atoms with E-state index in [0.717, 1.165) is 15.3 Å². The first-order chi connectivity index (χ1) is 14.9. The van der Waals surface area contributed by atoms with Gasteiger partial charge in [-0.3, -0.25) is 9.58 Å². The molecule has 0 aromatic carbocycles. The number of aryl methyl sites for hydroxylation is 2. The lowest BCUT2D eigenvalue weighted by molar-refractivity contribution is -0.210. The average Bonchev–Trinajstić information content (AvgIpc) is 3.32. The van der Waals surface area contributed by atoms with Gasteiger partial charge in [0.2, 0.25) is 0 Å². The van der Waals surface area contributed by atoms with E-state index >= 15 is 0 Å². The number of rotatable bonds is 6. The molecule has 2 aliphatic rings. The summed E-state index contributed by atoms with van der Waals surface area (Å²) in [7, 11) is -3.05. The van der Waals surface area contributed by atoms with Gasteiger partial charge in [0.1, 0.15) is 15.4 Å². The molecule has 1 fully saturated rings. The Balaban J connectivity index is 1.47. The maximum absolute atomic E-state index is 13.7. The molecule has 2 aliphatic heterocycles. The Labute approximate surface area is 190 Å². The van der Waals surface area contributed by atoms with Crippen molar-refractivity contribution in [2.45, 2.75) is 63.4 Å². The van der Waals surface area contributed by atoms with Crippen molar-refractivity contribution >= 4 is 21.2 Å². The standard InChI is InChI=1S/C21H29F2N3O4S2/c1-14-9-20(18-17(8-15(2)31-18)21(27,13-30-20)19(22)23)4-5-25(14)11-16-10-24-26(12-16)6-7-32(3,28)29/h8,10,12,14,19,27H,4-7,9,11,13H2,1-3H3. The van der Waals surface area contributed by atoms with Crippen LogP contribution in [0.3, 0.4) is 0 Å². The second-order valence-electron chi connectivity index (χ2n) is 9.12. The zero-order chi connectivity index (χ0) is 23.3. The predicted molar refractivity (Wildman–Crippen MR) is 118 cm³/mol. The third-order valence-electron chi connectivity index (χ3n) is 6.48. The summed E-state index contributed by atoms with van der Waals surface area (Å²) in [4.78, 5) is 3.90. The van der Waals surface area contributed by atoms with Gasteiger partial charge in [0.15, 0.2) is 5.60 Å². The summed E-state index contributed by atoms with van der Waals surface area (Å²) in [6.45, 7) is 5.23. The molecule has 1 spiro atoms. The van der Waals surface area contributed by atoms with Gasteiger partial charge in [-0.1, -0.05) is 0 Å². The Morgan fingerprint density at radius 1 is 1.44 bits per heavy atom. The van der Waals surface area contributed by atoms with Crippen LogP contribution in [0.15, 0.2) is 18.5 Å². The van der Waals surface area contributed by atoms with E-state index in [4.69, 9.17) is 4.74 Å². The number of ether oxygens (including phenoxy) is 1. The summed E-state index contributed by atoms with van der Waals surface area (Å²) in [6, 6.07) is 1.80. The zero-order valence-corrected chi connectivity index (χ0v) is 20.1. The summed E-state index contributed by atoms with van der Waals surface area (Å²) in [5.41, 5.74) is -1.61. The summed E-state index contributed by atoms with van der Waals surface area (Å²) in [5.74, 6) is 0.0433. The molecule has 0 bridgehead atoms. The van der Waals surface area contributed by atoms with Crippen LogP contribution >= 0.6 is 11.3 Å². The van der Waals surface area contributed by atoms with Crippen molar-refractivity contribution in [2.75, 3.05) is 25.2 Å². The van der Waals surface area contributed by atoms with Gasteiger partial charge >= 0.3 is 0 Å². The van der Waals surface area contributed by atoms with Crippen molar-refractivity contribution in [2.24, 2.45) is 0 Å². The van der Waals surface area contributed by atoms with E-state index in [2.05, 4.69) is 16.9 Å². The van der Waals surface area contributed by atoms with Gasteiger partial charge in [0.25, 0.3) is 6.43 Å². The number of piperidine rings is 1. The molecule has 7 nitrogen and oxygen atoms in total. The fourth-order valence-electron chi connectivity index (χ4n) is 4.68. The molecule has 32 heavy (non-hydrogen) atoms. The van der Waals surface area contributed by atoms with E-state index < -0.39 is 34.1 Å². The molecular weight excluding hydrogens is 460 g/mol. The Morgan fingerprint density at radius 2 is 2.19 bits per heavy atom. The third kappa shape index (κ3) is 4.50. The minimum atomic E-state index is -3.05. The Kier molecular flexibility index (Phi) is 6.25. The fourth-order valence-corrected chi connectivity index (χ4v) is 6.47. The highest BCUT2D eigenvalue weighted by molar-refractivity contribution is 7.90. The van der Waals surface area contributed by atoms with E-state index in [1.165, 1.54) is 17.6 Å². The second kappa shape index (κ2) is 8.43. The number of thiophene rings is 1. The van der Waals surface area contributed by atoms with Crippen molar-refractivity contribution < 1.29 is 27.0 Å². The van der Waals surface area contributed by atoms with Crippen LogP contribution < -0.4 is 0 Å². The minimum Gasteiger partial charge on any atom is -0.377 e. The lowest BCUT2D eigenvalue weighted by Crippen LogP contribution is -2.54. The van der Waals surface area contributed by atoms with Gasteiger partial charge in [-0.15, -0.1) is 11.3 Å². The van der Waals surface area contributed by atoms with Crippen molar-refractivity contribution in [3.63, 3.8) is 0 Å². The Morgan fingerprint density at radius 3 is 2.84 bits per heavy atom. The molecule has 4 heterocycles. The second-order valence-corrected chi connectivity index (χ2v) is 12.6. The average molecular weight is 490 g/mol. The molecule has 3 unspecified atom stereocenters. The first-order valence-electron chi connectivity index (χ1n) is 10.6. The van der Waals surface area contributed by atoms with E-state index in [1.54, 1.807) is 16.9 Å². The summed E-state index contributed by atoms with van der Waals surface area (Å²) >= 11 is 1.43. The largest absolute Gasteiger partial charge is 0.377 e. The molecule has 4 rings (SSSR count). The summed E-state index contributed by atoms with van der Waals surface area (Å²) < 4.78 is 57.8. The number of hydrogen-bond acceptors (Lipinski definition) is 7. The number of fused-ring (bicyclic) bond motifs is 2. The maximum atomic E-state index is 13.7. The molecule has 1 saturated heterocycles. The van der Waals surface area contributed by atoms with Crippen LogP contribution in [0.2, 0.25) is 0 Å². The van der Waals surface area contributed by atoms with E-state index in [1.807, 2.05) is 13.1 Å². The van der Waals surface area contributed by atoms with Gasteiger partial charge in [0.05, 0.1) is 25.1 Å².